The Balaban J connectivity index is 1.97. The third kappa shape index (κ3) is 3.01. The van der Waals surface area contributed by atoms with E-state index >= 15 is 0 Å². The Labute approximate surface area is 130 Å². The Morgan fingerprint density at radius 3 is 3.00 bits per heavy atom. The minimum Gasteiger partial charge on any atom is -0.348 e. The highest BCUT2D eigenvalue weighted by Gasteiger charge is 2.18. The van der Waals surface area contributed by atoms with E-state index in [1.54, 1.807) is 0 Å². The van der Waals surface area contributed by atoms with Crippen LogP contribution in [0.25, 0.3) is 10.9 Å². The molecule has 1 aliphatic heterocycles. The normalized spacial score (nSPS) is 18.6. The number of piperidine rings is 1. The van der Waals surface area contributed by atoms with Crippen LogP contribution in [-0.2, 0) is 0 Å². The second-order valence-corrected chi connectivity index (χ2v) is 6.08. The number of H-pyrrole nitrogens is 1. The average molecular weight is 350 g/mol. The van der Waals surface area contributed by atoms with Gasteiger partial charge in [-0.2, -0.15) is 0 Å². The van der Waals surface area contributed by atoms with Gasteiger partial charge in [-0.15, -0.1) is 0 Å². The first-order valence-electron chi connectivity index (χ1n) is 6.98. The van der Waals surface area contributed by atoms with Gasteiger partial charge in [-0.05, 0) is 41.4 Å². The predicted molar refractivity (Wildman–Crippen MR) is 85.6 cm³/mol. The maximum Gasteiger partial charge on any atom is 0.252 e. The molecule has 1 amide bonds. The second-order valence-electron chi connectivity index (χ2n) is 5.23. The standard InChI is InChI=1S/C15H16BrN3O2/c16-12-5-1-4-10-11(7-13(20)19-14(10)12)15(21)18-9-3-2-6-17-8-9/h1,4-5,7,9,17H,2-3,6,8H2,(H,18,21)(H,19,20). The Morgan fingerprint density at radius 2 is 2.24 bits per heavy atom. The summed E-state index contributed by atoms with van der Waals surface area (Å²) in [6, 6.07) is 7.01. The molecule has 0 spiro atoms. The lowest BCUT2D eigenvalue weighted by molar-refractivity contribution is 0.0932. The quantitative estimate of drug-likeness (QED) is 0.773. The van der Waals surface area contributed by atoms with Crippen molar-refractivity contribution in [3.8, 4) is 0 Å². The number of para-hydroxylation sites is 1. The molecule has 0 radical (unpaired) electrons. The van der Waals surface area contributed by atoms with Crippen LogP contribution in [0, 0.1) is 0 Å². The third-order valence-electron chi connectivity index (χ3n) is 3.70. The van der Waals surface area contributed by atoms with Gasteiger partial charge in [-0.3, -0.25) is 9.59 Å². The third-order valence-corrected chi connectivity index (χ3v) is 4.36. The van der Waals surface area contributed by atoms with E-state index in [1.165, 1.54) is 6.07 Å². The Hall–Kier alpha value is -1.66. The van der Waals surface area contributed by atoms with Crippen molar-refractivity contribution in [1.29, 1.82) is 0 Å². The number of carbonyl (C=O) groups is 1. The molecule has 6 heteroatoms. The van der Waals surface area contributed by atoms with Gasteiger partial charge in [0.2, 0.25) is 5.56 Å². The van der Waals surface area contributed by atoms with Crippen molar-refractivity contribution < 1.29 is 4.79 Å². The number of amides is 1. The predicted octanol–water partition coefficient (Wildman–Crippen LogP) is 1.77. The van der Waals surface area contributed by atoms with Gasteiger partial charge in [-0.25, -0.2) is 0 Å². The van der Waals surface area contributed by atoms with Crippen LogP contribution in [0.15, 0.2) is 33.5 Å². The molecule has 2 heterocycles. The molecule has 1 fully saturated rings. The average Bonchev–Trinajstić information content (AvgIpc) is 2.48. The summed E-state index contributed by atoms with van der Waals surface area (Å²) in [7, 11) is 0. The lowest BCUT2D eigenvalue weighted by atomic mass is 10.1. The summed E-state index contributed by atoms with van der Waals surface area (Å²) in [5.41, 5.74) is 0.791. The van der Waals surface area contributed by atoms with Crippen LogP contribution < -0.4 is 16.2 Å². The van der Waals surface area contributed by atoms with E-state index in [0.29, 0.717) is 11.1 Å². The van der Waals surface area contributed by atoms with Crippen LogP contribution in [0.1, 0.15) is 23.2 Å². The van der Waals surface area contributed by atoms with Gasteiger partial charge in [0.15, 0.2) is 0 Å². The van der Waals surface area contributed by atoms with Crippen LogP contribution in [0.4, 0.5) is 0 Å². The van der Waals surface area contributed by atoms with E-state index in [9.17, 15) is 9.59 Å². The van der Waals surface area contributed by atoms with Crippen LogP contribution in [0.5, 0.6) is 0 Å². The highest BCUT2D eigenvalue weighted by Crippen LogP contribution is 2.23. The van der Waals surface area contributed by atoms with Crippen molar-refractivity contribution in [2.45, 2.75) is 18.9 Å². The molecule has 110 valence electrons. The van der Waals surface area contributed by atoms with Crippen molar-refractivity contribution in [1.82, 2.24) is 15.6 Å². The number of aromatic amines is 1. The fourth-order valence-corrected chi connectivity index (χ4v) is 3.14. The maximum absolute atomic E-state index is 12.5. The van der Waals surface area contributed by atoms with Crippen LogP contribution in [-0.4, -0.2) is 30.0 Å². The largest absolute Gasteiger partial charge is 0.348 e. The number of halogens is 1. The topological polar surface area (TPSA) is 74.0 Å². The summed E-state index contributed by atoms with van der Waals surface area (Å²) in [5.74, 6) is -0.196. The molecule has 1 aromatic heterocycles. The van der Waals surface area contributed by atoms with E-state index in [4.69, 9.17) is 0 Å². The van der Waals surface area contributed by atoms with Crippen molar-refractivity contribution in [2.75, 3.05) is 13.1 Å². The molecule has 0 bridgehead atoms. The zero-order valence-corrected chi connectivity index (χ0v) is 13.0. The van der Waals surface area contributed by atoms with E-state index in [-0.39, 0.29) is 17.5 Å². The van der Waals surface area contributed by atoms with Crippen molar-refractivity contribution in [3.05, 3.63) is 44.7 Å². The fourth-order valence-electron chi connectivity index (χ4n) is 2.67. The first-order chi connectivity index (χ1) is 10.1. The summed E-state index contributed by atoms with van der Waals surface area (Å²) >= 11 is 3.40. The Kier molecular flexibility index (Phi) is 4.07. The first-order valence-corrected chi connectivity index (χ1v) is 7.77. The summed E-state index contributed by atoms with van der Waals surface area (Å²) in [4.78, 5) is 27.0. The molecule has 3 rings (SSSR count). The van der Waals surface area contributed by atoms with Crippen molar-refractivity contribution in [3.63, 3.8) is 0 Å². The number of nitrogens with one attached hydrogen (secondary N) is 3. The molecule has 3 N–H and O–H groups in total. The van der Waals surface area contributed by atoms with E-state index in [1.807, 2.05) is 18.2 Å². The highest BCUT2D eigenvalue weighted by molar-refractivity contribution is 9.10. The number of hydrogen-bond acceptors (Lipinski definition) is 3. The summed E-state index contributed by atoms with van der Waals surface area (Å²) in [6.45, 7) is 1.77. The number of hydrogen-bond donors (Lipinski definition) is 3. The van der Waals surface area contributed by atoms with Crippen LogP contribution in [0.3, 0.4) is 0 Å². The molecule has 0 aliphatic carbocycles. The molecular formula is C15H16BrN3O2. The number of benzene rings is 1. The molecule has 1 unspecified atom stereocenters. The number of fused-ring (bicyclic) bond motifs is 1. The van der Waals surface area contributed by atoms with Gasteiger partial charge in [0.05, 0.1) is 11.1 Å². The lowest BCUT2D eigenvalue weighted by Crippen LogP contribution is -2.45. The molecule has 2 aromatic rings. The molecule has 1 saturated heterocycles. The number of aromatic nitrogens is 1. The van der Waals surface area contributed by atoms with Gasteiger partial charge in [-0.1, -0.05) is 12.1 Å². The molecule has 1 aliphatic rings. The minimum absolute atomic E-state index is 0.118. The maximum atomic E-state index is 12.5. The SMILES string of the molecule is O=C(NC1CCCNC1)c1cc(=O)[nH]c2c(Br)cccc12. The Morgan fingerprint density at radius 1 is 1.38 bits per heavy atom. The molecule has 0 saturated carbocycles. The van der Waals surface area contributed by atoms with E-state index in [0.717, 1.165) is 35.8 Å². The monoisotopic (exact) mass is 349 g/mol. The molecule has 1 aromatic carbocycles. The number of rotatable bonds is 2. The minimum atomic E-state index is -0.277. The summed E-state index contributed by atoms with van der Waals surface area (Å²) in [5, 5.41) is 7.00. The van der Waals surface area contributed by atoms with Crippen molar-refractivity contribution >= 4 is 32.7 Å². The van der Waals surface area contributed by atoms with Crippen molar-refractivity contribution in [2.24, 2.45) is 0 Å². The number of pyridine rings is 1. The molecular weight excluding hydrogens is 334 g/mol. The Bertz CT molecular complexity index is 735. The fraction of sp³-hybridized carbons (Fsp3) is 0.333. The van der Waals surface area contributed by atoms with Crippen LogP contribution >= 0.6 is 15.9 Å². The molecule has 5 nitrogen and oxygen atoms in total. The van der Waals surface area contributed by atoms with Gasteiger partial charge < -0.3 is 15.6 Å². The van der Waals surface area contributed by atoms with Crippen LogP contribution in [0.2, 0.25) is 0 Å². The zero-order chi connectivity index (χ0) is 14.8. The van der Waals surface area contributed by atoms with Gasteiger partial charge in [0, 0.05) is 28.5 Å². The number of carbonyl (C=O) groups excluding carboxylic acids is 1. The highest BCUT2D eigenvalue weighted by atomic mass is 79.9. The summed E-state index contributed by atoms with van der Waals surface area (Å²) < 4.78 is 0.770. The lowest BCUT2D eigenvalue weighted by Gasteiger charge is -2.24. The summed E-state index contributed by atoms with van der Waals surface area (Å²) in [6.07, 6.45) is 2.01. The van der Waals surface area contributed by atoms with Gasteiger partial charge in [0.1, 0.15) is 0 Å². The smallest absolute Gasteiger partial charge is 0.252 e. The van der Waals surface area contributed by atoms with Gasteiger partial charge in [0.25, 0.3) is 5.91 Å². The van der Waals surface area contributed by atoms with Gasteiger partial charge >= 0.3 is 0 Å². The first kappa shape index (κ1) is 14.3. The molecule has 1 atom stereocenters. The van der Waals surface area contributed by atoms with E-state index in [2.05, 4.69) is 31.5 Å². The molecule has 21 heavy (non-hydrogen) atoms. The zero-order valence-electron chi connectivity index (χ0n) is 11.4. The van der Waals surface area contributed by atoms with E-state index < -0.39 is 0 Å². The second kappa shape index (κ2) is 5.99.